The average molecular weight is 765 g/mol. The van der Waals surface area contributed by atoms with Gasteiger partial charge in [-0.2, -0.15) is 0 Å². The van der Waals surface area contributed by atoms with E-state index in [9.17, 15) is 0 Å². The second kappa shape index (κ2) is 12.7. The van der Waals surface area contributed by atoms with Gasteiger partial charge < -0.3 is 4.57 Å². The van der Waals surface area contributed by atoms with E-state index in [1.54, 1.807) is 22.7 Å². The Morgan fingerprint density at radius 1 is 0.368 bits per heavy atom. The summed E-state index contributed by atoms with van der Waals surface area (Å²) in [6, 6.07) is 59.1. The number of hydrogen-bond donors (Lipinski definition) is 0. The van der Waals surface area contributed by atoms with Crippen molar-refractivity contribution in [3.8, 4) is 51.4 Å². The fraction of sp³-hybridized carbons (Fsp3) is 0. The maximum atomic E-state index is 5.49. The van der Waals surface area contributed by atoms with Crippen LogP contribution < -0.4 is 0 Å². The average Bonchev–Trinajstić information content (AvgIpc) is 3.96. The molecule has 5 heterocycles. The van der Waals surface area contributed by atoms with Crippen LogP contribution in [0.4, 0.5) is 0 Å². The maximum absolute atomic E-state index is 5.49. The van der Waals surface area contributed by atoms with Gasteiger partial charge in [-0.1, -0.05) is 127 Å². The molecule has 0 unspecified atom stereocenters. The quantitative estimate of drug-likeness (QED) is 0.175. The van der Waals surface area contributed by atoms with E-state index >= 15 is 0 Å². The number of nitrogens with zero attached hydrogens (tertiary/aromatic N) is 6. The summed E-state index contributed by atoms with van der Waals surface area (Å²) in [6.07, 6.45) is 0. The lowest BCUT2D eigenvalue weighted by Gasteiger charge is -2.11. The first-order valence-corrected chi connectivity index (χ1v) is 20.4. The number of hydrogen-bond acceptors (Lipinski definition) is 7. The van der Waals surface area contributed by atoms with Crippen molar-refractivity contribution in [1.82, 2.24) is 29.5 Å². The van der Waals surface area contributed by atoms with Crippen LogP contribution in [-0.4, -0.2) is 29.5 Å². The standard InChI is InChI=1S/C49H28N6S2/c1-3-15-29(16-4-1)46-52-48(35-23-14-28-40-42(35)32-20-8-11-26-38(32)56-40)54-49(53-46)44-45-43(33-21-9-12-27-39(33)57-45)50-47(51-44)34-22-13-25-37-41(34)31-19-7-10-24-36(31)55(37)30-17-5-2-6-18-30/h1-28H. The monoisotopic (exact) mass is 764 g/mol. The number of thiophene rings is 2. The summed E-state index contributed by atoms with van der Waals surface area (Å²) in [5.74, 6) is 2.33. The van der Waals surface area contributed by atoms with Gasteiger partial charge in [0.2, 0.25) is 0 Å². The van der Waals surface area contributed by atoms with Crippen molar-refractivity contribution in [1.29, 1.82) is 0 Å². The maximum Gasteiger partial charge on any atom is 0.184 e. The van der Waals surface area contributed by atoms with E-state index in [-0.39, 0.29) is 0 Å². The summed E-state index contributed by atoms with van der Waals surface area (Å²) in [5.41, 5.74) is 7.70. The molecule has 0 atom stereocenters. The van der Waals surface area contributed by atoms with Crippen LogP contribution in [0.1, 0.15) is 0 Å². The van der Waals surface area contributed by atoms with Gasteiger partial charge >= 0.3 is 0 Å². The Kier molecular flexibility index (Phi) is 7.17. The second-order valence-electron chi connectivity index (χ2n) is 14.0. The van der Waals surface area contributed by atoms with Gasteiger partial charge in [-0.3, -0.25) is 0 Å². The zero-order chi connectivity index (χ0) is 37.5. The summed E-state index contributed by atoms with van der Waals surface area (Å²) >= 11 is 3.46. The molecule has 8 heteroatoms. The summed E-state index contributed by atoms with van der Waals surface area (Å²) in [4.78, 5) is 26.7. The van der Waals surface area contributed by atoms with Gasteiger partial charge in [-0.05, 0) is 42.5 Å². The minimum absolute atomic E-state index is 0.509. The smallest absolute Gasteiger partial charge is 0.184 e. The Hall–Kier alpha value is -7.13. The van der Waals surface area contributed by atoms with E-state index < -0.39 is 0 Å². The highest BCUT2D eigenvalue weighted by molar-refractivity contribution is 7.26. The zero-order valence-corrected chi connectivity index (χ0v) is 31.8. The van der Waals surface area contributed by atoms with Gasteiger partial charge in [0.15, 0.2) is 23.3 Å². The van der Waals surface area contributed by atoms with E-state index in [2.05, 4.69) is 144 Å². The lowest BCUT2D eigenvalue weighted by atomic mass is 10.0. The SMILES string of the molecule is c1ccc(-c2nc(-c3nc(-c4cccc5c4c4ccccc4n5-c4ccccc4)nc4c3sc3ccccc34)nc(-c3cccc4sc5ccccc5c34)n2)cc1. The molecule has 12 rings (SSSR count). The van der Waals surface area contributed by atoms with Crippen LogP contribution in [0.2, 0.25) is 0 Å². The first-order valence-electron chi connectivity index (χ1n) is 18.8. The van der Waals surface area contributed by atoms with E-state index in [1.807, 2.05) is 30.3 Å². The number of rotatable bonds is 5. The molecule has 0 aliphatic carbocycles. The molecule has 5 aromatic heterocycles. The molecule has 12 aromatic rings. The first kappa shape index (κ1) is 32.1. The normalized spacial score (nSPS) is 11.9. The Bertz CT molecular complexity index is 3530. The van der Waals surface area contributed by atoms with E-state index in [0.717, 1.165) is 69.9 Å². The lowest BCUT2D eigenvalue weighted by molar-refractivity contribution is 1.06. The minimum Gasteiger partial charge on any atom is -0.309 e. The van der Waals surface area contributed by atoms with Gasteiger partial charge in [-0.15, -0.1) is 22.7 Å². The minimum atomic E-state index is 0.509. The third-order valence-electron chi connectivity index (χ3n) is 10.7. The van der Waals surface area contributed by atoms with Crippen molar-refractivity contribution in [2.24, 2.45) is 0 Å². The molecule has 0 aliphatic rings. The molecule has 0 spiro atoms. The van der Waals surface area contributed by atoms with E-state index in [1.165, 1.54) is 14.8 Å². The van der Waals surface area contributed by atoms with Crippen LogP contribution in [-0.2, 0) is 0 Å². The summed E-state index contributed by atoms with van der Waals surface area (Å²) in [5, 5.41) is 5.64. The molecule has 0 N–H and O–H groups in total. The fourth-order valence-electron chi connectivity index (χ4n) is 8.20. The van der Waals surface area contributed by atoms with Crippen LogP contribution in [0, 0.1) is 0 Å². The number of benzene rings is 7. The molecular weight excluding hydrogens is 737 g/mol. The van der Waals surface area contributed by atoms with E-state index in [0.29, 0.717) is 29.0 Å². The predicted octanol–water partition coefficient (Wildman–Crippen LogP) is 13.2. The van der Waals surface area contributed by atoms with Gasteiger partial charge in [-0.25, -0.2) is 24.9 Å². The summed E-state index contributed by atoms with van der Waals surface area (Å²) in [6.45, 7) is 0. The van der Waals surface area contributed by atoms with Crippen molar-refractivity contribution in [2.45, 2.75) is 0 Å². The molecule has 0 bridgehead atoms. The molecule has 0 saturated carbocycles. The highest BCUT2D eigenvalue weighted by atomic mass is 32.1. The largest absolute Gasteiger partial charge is 0.309 e. The Morgan fingerprint density at radius 2 is 0.947 bits per heavy atom. The van der Waals surface area contributed by atoms with Crippen molar-refractivity contribution in [2.75, 3.05) is 0 Å². The molecule has 0 saturated heterocycles. The Labute approximate surface area is 334 Å². The number of aromatic nitrogens is 6. The molecule has 0 radical (unpaired) electrons. The molecule has 0 aliphatic heterocycles. The van der Waals surface area contributed by atoms with Crippen LogP contribution >= 0.6 is 22.7 Å². The van der Waals surface area contributed by atoms with Gasteiger partial charge in [0.05, 0.1) is 21.3 Å². The predicted molar refractivity (Wildman–Crippen MR) is 237 cm³/mol. The number of fused-ring (bicyclic) bond motifs is 9. The van der Waals surface area contributed by atoms with Crippen LogP contribution in [0.25, 0.3) is 114 Å². The van der Waals surface area contributed by atoms with Gasteiger partial charge in [0, 0.05) is 63.4 Å². The molecular formula is C49H28N6S2. The fourth-order valence-corrected chi connectivity index (χ4v) is 10.5. The van der Waals surface area contributed by atoms with E-state index in [4.69, 9.17) is 24.9 Å². The zero-order valence-electron chi connectivity index (χ0n) is 30.2. The molecule has 0 amide bonds. The third kappa shape index (κ3) is 5.05. The van der Waals surface area contributed by atoms with Gasteiger partial charge in [0.25, 0.3) is 0 Å². The lowest BCUT2D eigenvalue weighted by Crippen LogP contribution is -2.03. The third-order valence-corrected chi connectivity index (χ3v) is 13.0. The Balaban J connectivity index is 1.17. The topological polar surface area (TPSA) is 69.4 Å². The summed E-state index contributed by atoms with van der Waals surface area (Å²) in [7, 11) is 0. The van der Waals surface area contributed by atoms with Crippen molar-refractivity contribution < 1.29 is 0 Å². The molecule has 6 nitrogen and oxygen atoms in total. The second-order valence-corrected chi connectivity index (χ2v) is 16.1. The molecule has 57 heavy (non-hydrogen) atoms. The number of para-hydroxylation sites is 2. The highest BCUT2D eigenvalue weighted by Crippen LogP contribution is 2.43. The first-order chi connectivity index (χ1) is 28.3. The van der Waals surface area contributed by atoms with Gasteiger partial charge in [0.1, 0.15) is 5.69 Å². The van der Waals surface area contributed by atoms with Crippen LogP contribution in [0.5, 0.6) is 0 Å². The molecule has 266 valence electrons. The van der Waals surface area contributed by atoms with Crippen LogP contribution in [0.3, 0.4) is 0 Å². The van der Waals surface area contributed by atoms with Crippen molar-refractivity contribution in [3.05, 3.63) is 170 Å². The molecule has 7 aromatic carbocycles. The molecule has 0 fully saturated rings. The van der Waals surface area contributed by atoms with Crippen molar-refractivity contribution >= 4 is 85.0 Å². The van der Waals surface area contributed by atoms with Crippen LogP contribution in [0.15, 0.2) is 170 Å². The summed E-state index contributed by atoms with van der Waals surface area (Å²) < 4.78 is 6.82. The Morgan fingerprint density at radius 3 is 1.77 bits per heavy atom. The highest BCUT2D eigenvalue weighted by Gasteiger charge is 2.24. The van der Waals surface area contributed by atoms with Crippen molar-refractivity contribution in [3.63, 3.8) is 0 Å².